The molecule has 1 aliphatic heterocycles. The van der Waals surface area contributed by atoms with Gasteiger partial charge in [0.05, 0.1) is 33.8 Å². The van der Waals surface area contributed by atoms with Gasteiger partial charge in [-0.1, -0.05) is 13.8 Å². The number of aromatic nitrogens is 4. The van der Waals surface area contributed by atoms with Crippen molar-refractivity contribution < 1.29 is 37.6 Å². The number of urea groups is 1. The SMILES string of the molecule is CC1(C)CC(=O)c2c(C(F)(F)F)nn(-c3ccc(C(N)=O)c(NC(=O)N4CCN(c5ncc(C(=O)NO)cn5)CC4)c3)c2C1. The zero-order valence-electron chi connectivity index (χ0n) is 23.6. The Bertz CT molecular complexity index is 1650. The van der Waals surface area contributed by atoms with Crippen molar-refractivity contribution in [2.75, 3.05) is 36.4 Å². The maximum Gasteiger partial charge on any atom is 0.435 e. The van der Waals surface area contributed by atoms with Crippen LogP contribution in [0.15, 0.2) is 30.6 Å². The number of Topliss-reactive ketones (excluding diaryl/α,β-unsaturated/α-hetero) is 1. The lowest BCUT2D eigenvalue weighted by Gasteiger charge is -2.34. The molecule has 14 nitrogen and oxygen atoms in total. The topological polar surface area (TPSA) is 189 Å². The van der Waals surface area contributed by atoms with Gasteiger partial charge in [0, 0.05) is 45.0 Å². The molecule has 4 amide bonds. The molecule has 0 unspecified atom stereocenters. The van der Waals surface area contributed by atoms with Gasteiger partial charge in [-0.2, -0.15) is 18.3 Å². The Morgan fingerprint density at radius 2 is 1.70 bits per heavy atom. The van der Waals surface area contributed by atoms with Crippen molar-refractivity contribution in [2.24, 2.45) is 11.1 Å². The van der Waals surface area contributed by atoms with E-state index < -0.39 is 46.5 Å². The molecule has 0 saturated carbocycles. The number of nitrogens with two attached hydrogens (primary N) is 1. The van der Waals surface area contributed by atoms with Crippen molar-refractivity contribution in [3.63, 3.8) is 0 Å². The van der Waals surface area contributed by atoms with Gasteiger partial charge in [-0.3, -0.25) is 19.6 Å². The highest BCUT2D eigenvalue weighted by Gasteiger charge is 2.45. The monoisotopic (exact) mass is 615 g/mol. The quantitative estimate of drug-likeness (QED) is 0.247. The van der Waals surface area contributed by atoms with Gasteiger partial charge in [0.1, 0.15) is 0 Å². The van der Waals surface area contributed by atoms with Crippen LogP contribution in [0.3, 0.4) is 0 Å². The fraction of sp³-hybridized carbons (Fsp3) is 0.370. The Balaban J connectivity index is 1.38. The molecule has 0 atom stereocenters. The number of hydroxylamine groups is 1. The summed E-state index contributed by atoms with van der Waals surface area (Å²) >= 11 is 0. The number of nitrogens with one attached hydrogen (secondary N) is 2. The second-order valence-corrected chi connectivity index (χ2v) is 11.2. The van der Waals surface area contributed by atoms with Crippen LogP contribution in [0.25, 0.3) is 5.69 Å². The number of fused-ring (bicyclic) bond motifs is 1. The van der Waals surface area contributed by atoms with Gasteiger partial charge < -0.3 is 20.9 Å². The van der Waals surface area contributed by atoms with Gasteiger partial charge in [0.25, 0.3) is 11.8 Å². The molecule has 3 aromatic rings. The minimum absolute atomic E-state index is 0.0392. The number of nitrogens with zero attached hydrogens (tertiary/aromatic N) is 6. The Morgan fingerprint density at radius 3 is 2.30 bits per heavy atom. The number of rotatable bonds is 5. The number of amides is 4. The first-order valence-electron chi connectivity index (χ1n) is 13.4. The van der Waals surface area contributed by atoms with Gasteiger partial charge in [0.2, 0.25) is 5.95 Å². The van der Waals surface area contributed by atoms with E-state index in [1.807, 2.05) is 0 Å². The first-order chi connectivity index (χ1) is 20.7. The van der Waals surface area contributed by atoms with Crippen molar-refractivity contribution in [2.45, 2.75) is 32.9 Å². The Morgan fingerprint density at radius 1 is 1.05 bits per heavy atom. The van der Waals surface area contributed by atoms with Gasteiger partial charge in [-0.05, 0) is 30.0 Å². The van der Waals surface area contributed by atoms with Gasteiger partial charge >= 0.3 is 12.2 Å². The summed E-state index contributed by atoms with van der Waals surface area (Å²) in [6.07, 6.45) is -2.31. The van der Waals surface area contributed by atoms with Crippen molar-refractivity contribution in [1.29, 1.82) is 0 Å². The molecule has 17 heteroatoms. The van der Waals surface area contributed by atoms with E-state index in [4.69, 9.17) is 10.9 Å². The summed E-state index contributed by atoms with van der Waals surface area (Å²) in [6, 6.07) is 3.34. The second-order valence-electron chi connectivity index (χ2n) is 11.2. The molecule has 2 aliphatic rings. The van der Waals surface area contributed by atoms with E-state index in [1.165, 1.54) is 41.0 Å². The molecule has 0 radical (unpaired) electrons. The van der Waals surface area contributed by atoms with Crippen LogP contribution in [-0.2, 0) is 12.6 Å². The van der Waals surface area contributed by atoms with Crippen LogP contribution < -0.4 is 21.4 Å². The van der Waals surface area contributed by atoms with Crippen LogP contribution in [0.5, 0.6) is 0 Å². The average molecular weight is 616 g/mol. The van der Waals surface area contributed by atoms with Gasteiger partial charge in [-0.25, -0.2) is 24.9 Å². The number of anilines is 2. The molecule has 5 N–H and O–H groups in total. The molecule has 1 aromatic carbocycles. The van der Waals surface area contributed by atoms with Gasteiger partial charge in [-0.15, -0.1) is 0 Å². The number of carbonyl (C=O) groups excluding carboxylic acids is 4. The first kappa shape index (κ1) is 30.4. The number of hydrogen-bond donors (Lipinski definition) is 4. The zero-order valence-corrected chi connectivity index (χ0v) is 23.6. The number of ketones is 1. The third-order valence-electron chi connectivity index (χ3n) is 7.42. The predicted molar refractivity (Wildman–Crippen MR) is 148 cm³/mol. The van der Waals surface area contributed by atoms with E-state index in [1.54, 1.807) is 18.7 Å². The molecule has 44 heavy (non-hydrogen) atoms. The van der Waals surface area contributed by atoms with Crippen LogP contribution in [-0.4, -0.2) is 79.7 Å². The smallest absolute Gasteiger partial charge is 0.366 e. The summed E-state index contributed by atoms with van der Waals surface area (Å²) in [5.41, 5.74) is 4.77. The summed E-state index contributed by atoms with van der Waals surface area (Å²) in [5, 5.41) is 15.1. The standard InChI is InChI=1S/C27H28F3N9O5/c1-26(2)10-18-20(19(40)11-26)21(27(28,29)30)35-39(18)15-3-4-16(22(31)41)17(9-15)34-25(43)38-7-5-37(6-8-38)24-32-12-14(13-33-24)23(42)36-44/h3-4,9,12-13,44H,5-8,10-11H2,1-2H3,(H2,31,41)(H,34,43)(H,36,42). The Kier molecular flexibility index (Phi) is 7.75. The van der Waals surface area contributed by atoms with Gasteiger partial charge in [0.15, 0.2) is 11.5 Å². The molecule has 2 aromatic heterocycles. The molecule has 0 spiro atoms. The number of piperazine rings is 1. The summed E-state index contributed by atoms with van der Waals surface area (Å²) < 4.78 is 42.8. The molecule has 232 valence electrons. The number of halogens is 3. The predicted octanol–water partition coefficient (Wildman–Crippen LogP) is 2.41. The van der Waals surface area contributed by atoms with E-state index in [0.29, 0.717) is 19.0 Å². The lowest BCUT2D eigenvalue weighted by molar-refractivity contribution is -0.141. The minimum atomic E-state index is -4.88. The van der Waals surface area contributed by atoms with Crippen LogP contribution in [0, 0.1) is 5.41 Å². The molecular formula is C27H28F3N9O5. The number of alkyl halides is 3. The largest absolute Gasteiger partial charge is 0.435 e. The summed E-state index contributed by atoms with van der Waals surface area (Å²) in [4.78, 5) is 61.1. The Labute approximate surface area is 248 Å². The maximum absolute atomic E-state index is 13.9. The number of hydrogen-bond acceptors (Lipinski definition) is 9. The van der Waals surface area contributed by atoms with Crippen LogP contribution in [0.1, 0.15) is 62.7 Å². The maximum atomic E-state index is 13.9. The number of benzene rings is 1. The van der Waals surface area contributed by atoms with E-state index in [9.17, 15) is 32.3 Å². The lowest BCUT2D eigenvalue weighted by Crippen LogP contribution is -2.50. The second kappa shape index (κ2) is 11.2. The highest BCUT2D eigenvalue weighted by Crippen LogP contribution is 2.42. The van der Waals surface area contributed by atoms with E-state index in [0.717, 1.165) is 4.68 Å². The number of carbonyl (C=O) groups is 4. The molecule has 3 heterocycles. The van der Waals surface area contributed by atoms with Crippen LogP contribution in [0.4, 0.5) is 29.6 Å². The molecular weight excluding hydrogens is 587 g/mol. The van der Waals surface area contributed by atoms with Crippen molar-refractivity contribution in [3.05, 3.63) is 58.7 Å². The summed E-state index contributed by atoms with van der Waals surface area (Å²) in [5.74, 6) is -1.98. The average Bonchev–Trinajstić information content (AvgIpc) is 3.36. The summed E-state index contributed by atoms with van der Waals surface area (Å²) in [7, 11) is 0. The summed E-state index contributed by atoms with van der Waals surface area (Å²) in [6.45, 7) is 4.64. The fourth-order valence-electron chi connectivity index (χ4n) is 5.31. The minimum Gasteiger partial charge on any atom is -0.366 e. The highest BCUT2D eigenvalue weighted by molar-refractivity contribution is 6.03. The zero-order chi connectivity index (χ0) is 32.0. The molecule has 1 fully saturated rings. The highest BCUT2D eigenvalue weighted by atomic mass is 19.4. The lowest BCUT2D eigenvalue weighted by atomic mass is 9.75. The van der Waals surface area contributed by atoms with Crippen LogP contribution >= 0.6 is 0 Å². The van der Waals surface area contributed by atoms with Crippen molar-refractivity contribution in [1.82, 2.24) is 30.1 Å². The molecule has 5 rings (SSSR count). The third kappa shape index (κ3) is 5.90. The number of primary amides is 1. The first-order valence-corrected chi connectivity index (χ1v) is 13.4. The van der Waals surface area contributed by atoms with Crippen LogP contribution in [0.2, 0.25) is 0 Å². The molecule has 1 aliphatic carbocycles. The van der Waals surface area contributed by atoms with E-state index in [2.05, 4.69) is 20.4 Å². The normalized spacial score (nSPS) is 16.4. The fourth-order valence-corrected chi connectivity index (χ4v) is 5.31. The van der Waals surface area contributed by atoms with E-state index in [-0.39, 0.29) is 54.1 Å². The molecule has 0 bridgehead atoms. The van der Waals surface area contributed by atoms with Crippen molar-refractivity contribution in [3.8, 4) is 5.69 Å². The van der Waals surface area contributed by atoms with E-state index >= 15 is 0 Å². The van der Waals surface area contributed by atoms with Crippen molar-refractivity contribution >= 4 is 35.3 Å². The molecule has 1 saturated heterocycles. The Hall–Kier alpha value is -5.06. The third-order valence-corrected chi connectivity index (χ3v) is 7.42.